The maximum atomic E-state index is 3.46. The third kappa shape index (κ3) is 9.11. The van der Waals surface area contributed by atoms with Crippen LogP contribution in [-0.4, -0.2) is 38.1 Å². The molecule has 0 saturated heterocycles. The lowest BCUT2D eigenvalue weighted by atomic mass is 10.1. The van der Waals surface area contributed by atoms with Crippen LogP contribution in [0.1, 0.15) is 44.6 Å². The minimum Gasteiger partial charge on any atom is -0.317 e. The highest BCUT2D eigenvalue weighted by Crippen LogP contribution is 2.03. The Kier molecular flexibility index (Phi) is 10.3. The number of hydrogen-bond acceptors (Lipinski definition) is 2. The third-order valence-corrected chi connectivity index (χ3v) is 3.70. The Bertz CT molecular complexity index is 310. The number of nitrogens with one attached hydrogen (secondary N) is 1. The number of hydrogen-bond donors (Lipinski definition) is 1. The van der Waals surface area contributed by atoms with E-state index < -0.39 is 0 Å². The van der Waals surface area contributed by atoms with Crippen LogP contribution in [0.5, 0.6) is 0 Å². The first-order chi connectivity index (χ1) is 9.83. The highest BCUT2D eigenvalue weighted by Gasteiger charge is 1.99. The molecule has 0 bridgehead atoms. The molecule has 2 heteroatoms. The predicted octanol–water partition coefficient (Wildman–Crippen LogP) is 3.72. The number of rotatable bonds is 12. The van der Waals surface area contributed by atoms with Crippen molar-refractivity contribution in [1.29, 1.82) is 0 Å². The van der Waals surface area contributed by atoms with Crippen molar-refractivity contribution in [2.45, 2.75) is 45.4 Å². The highest BCUT2D eigenvalue weighted by atomic mass is 15.1. The quantitative estimate of drug-likeness (QED) is 0.585. The fraction of sp³-hybridized carbons (Fsp3) is 0.667. The Morgan fingerprint density at radius 2 is 1.65 bits per heavy atom. The highest BCUT2D eigenvalue weighted by molar-refractivity contribution is 5.14. The summed E-state index contributed by atoms with van der Waals surface area (Å²) in [5.74, 6) is 0. The number of likely N-dealkylation sites (N-methyl/N-ethyl adjacent to an activating group) is 1. The summed E-state index contributed by atoms with van der Waals surface area (Å²) in [7, 11) is 2.24. The molecule has 0 atom stereocenters. The Morgan fingerprint density at radius 3 is 2.40 bits per heavy atom. The molecule has 0 spiro atoms. The molecule has 0 amide bonds. The Morgan fingerprint density at radius 1 is 0.900 bits per heavy atom. The topological polar surface area (TPSA) is 15.3 Å². The van der Waals surface area contributed by atoms with Crippen molar-refractivity contribution in [3.05, 3.63) is 35.9 Å². The van der Waals surface area contributed by atoms with Crippen LogP contribution in [0.3, 0.4) is 0 Å². The molecule has 0 heterocycles. The summed E-state index contributed by atoms with van der Waals surface area (Å²) in [4.78, 5) is 2.46. The molecule has 1 aromatic rings. The van der Waals surface area contributed by atoms with E-state index in [9.17, 15) is 0 Å². The molecular weight excluding hydrogens is 244 g/mol. The van der Waals surface area contributed by atoms with Crippen LogP contribution in [-0.2, 0) is 6.42 Å². The Hall–Kier alpha value is -0.860. The lowest BCUT2D eigenvalue weighted by Gasteiger charge is -2.16. The maximum absolute atomic E-state index is 3.46. The van der Waals surface area contributed by atoms with E-state index in [4.69, 9.17) is 0 Å². The van der Waals surface area contributed by atoms with Crippen LogP contribution < -0.4 is 5.32 Å². The monoisotopic (exact) mass is 276 g/mol. The zero-order valence-electron chi connectivity index (χ0n) is 13.4. The van der Waals surface area contributed by atoms with Gasteiger partial charge in [-0.3, -0.25) is 0 Å². The van der Waals surface area contributed by atoms with Crippen LogP contribution in [0.25, 0.3) is 0 Å². The average Bonchev–Trinajstić information content (AvgIpc) is 2.49. The van der Waals surface area contributed by atoms with Gasteiger partial charge in [0.1, 0.15) is 0 Å². The normalized spacial score (nSPS) is 11.2. The van der Waals surface area contributed by atoms with Gasteiger partial charge in [-0.2, -0.15) is 0 Å². The van der Waals surface area contributed by atoms with Gasteiger partial charge in [0, 0.05) is 6.54 Å². The smallest absolute Gasteiger partial charge is 0.00188 e. The standard InChI is InChI=1S/C18H32N2/c1-3-14-19-15-9-4-5-10-16-20(2)17-13-18-11-7-6-8-12-18/h6-8,11-12,19H,3-5,9-10,13-17H2,1-2H3. The van der Waals surface area contributed by atoms with Crippen molar-refractivity contribution < 1.29 is 0 Å². The molecule has 0 radical (unpaired) electrons. The molecule has 0 saturated carbocycles. The van der Waals surface area contributed by atoms with E-state index in [1.165, 1.54) is 63.8 Å². The van der Waals surface area contributed by atoms with Gasteiger partial charge in [0.05, 0.1) is 0 Å². The van der Waals surface area contributed by atoms with Crippen molar-refractivity contribution >= 4 is 0 Å². The molecule has 2 nitrogen and oxygen atoms in total. The van der Waals surface area contributed by atoms with E-state index in [2.05, 4.69) is 54.5 Å². The summed E-state index contributed by atoms with van der Waals surface area (Å²) < 4.78 is 0. The van der Waals surface area contributed by atoms with Gasteiger partial charge < -0.3 is 10.2 Å². The molecule has 0 aliphatic rings. The van der Waals surface area contributed by atoms with Crippen molar-refractivity contribution in [3.63, 3.8) is 0 Å². The molecule has 20 heavy (non-hydrogen) atoms. The lowest BCUT2D eigenvalue weighted by molar-refractivity contribution is 0.327. The molecule has 1 N–H and O–H groups in total. The first-order valence-corrected chi connectivity index (χ1v) is 8.26. The van der Waals surface area contributed by atoms with Crippen LogP contribution in [0.2, 0.25) is 0 Å². The van der Waals surface area contributed by atoms with Gasteiger partial charge in [0.15, 0.2) is 0 Å². The summed E-state index contributed by atoms with van der Waals surface area (Å²) >= 11 is 0. The molecule has 0 fully saturated rings. The second kappa shape index (κ2) is 11.9. The van der Waals surface area contributed by atoms with Crippen molar-refractivity contribution in [2.75, 3.05) is 33.2 Å². The molecule has 0 aliphatic heterocycles. The van der Waals surface area contributed by atoms with Gasteiger partial charge in [0.2, 0.25) is 0 Å². The number of benzene rings is 1. The number of unbranched alkanes of at least 4 members (excludes halogenated alkanes) is 3. The molecular formula is C18H32N2. The molecule has 1 aromatic carbocycles. The second-order valence-corrected chi connectivity index (χ2v) is 5.70. The van der Waals surface area contributed by atoms with E-state index in [1.54, 1.807) is 0 Å². The average molecular weight is 276 g/mol. The summed E-state index contributed by atoms with van der Waals surface area (Å²) in [5, 5.41) is 3.46. The van der Waals surface area contributed by atoms with E-state index in [1.807, 2.05) is 0 Å². The van der Waals surface area contributed by atoms with E-state index in [-0.39, 0.29) is 0 Å². The van der Waals surface area contributed by atoms with Crippen LogP contribution in [0.15, 0.2) is 30.3 Å². The minimum absolute atomic E-state index is 1.16. The minimum atomic E-state index is 1.16. The van der Waals surface area contributed by atoms with E-state index in [0.717, 1.165) is 6.42 Å². The van der Waals surface area contributed by atoms with E-state index >= 15 is 0 Å². The summed E-state index contributed by atoms with van der Waals surface area (Å²) in [6.45, 7) is 6.98. The van der Waals surface area contributed by atoms with Crippen LogP contribution in [0.4, 0.5) is 0 Å². The summed E-state index contributed by atoms with van der Waals surface area (Å²) in [6.07, 6.45) is 7.80. The Balaban J connectivity index is 1.91. The molecule has 114 valence electrons. The van der Waals surface area contributed by atoms with E-state index in [0.29, 0.717) is 0 Å². The van der Waals surface area contributed by atoms with Crippen molar-refractivity contribution in [1.82, 2.24) is 10.2 Å². The molecule has 0 unspecified atom stereocenters. The van der Waals surface area contributed by atoms with Gasteiger partial charge in [-0.15, -0.1) is 0 Å². The van der Waals surface area contributed by atoms with Crippen molar-refractivity contribution in [2.24, 2.45) is 0 Å². The maximum Gasteiger partial charge on any atom is 0.00188 e. The van der Waals surface area contributed by atoms with Crippen LogP contribution in [0, 0.1) is 0 Å². The fourth-order valence-electron chi connectivity index (χ4n) is 2.36. The molecule has 0 aromatic heterocycles. The first kappa shape index (κ1) is 17.2. The molecule has 1 rings (SSSR count). The van der Waals surface area contributed by atoms with Gasteiger partial charge in [0.25, 0.3) is 0 Å². The Labute approximate surface area is 125 Å². The third-order valence-electron chi connectivity index (χ3n) is 3.70. The van der Waals surface area contributed by atoms with Gasteiger partial charge in [-0.1, -0.05) is 50.1 Å². The first-order valence-electron chi connectivity index (χ1n) is 8.26. The number of nitrogens with zero attached hydrogens (tertiary/aromatic N) is 1. The zero-order chi connectivity index (χ0) is 14.5. The summed E-state index contributed by atoms with van der Waals surface area (Å²) in [6, 6.07) is 10.8. The van der Waals surface area contributed by atoms with Gasteiger partial charge >= 0.3 is 0 Å². The fourth-order valence-corrected chi connectivity index (χ4v) is 2.36. The van der Waals surface area contributed by atoms with Crippen LogP contribution >= 0.6 is 0 Å². The van der Waals surface area contributed by atoms with Gasteiger partial charge in [-0.05, 0) is 57.9 Å². The lowest BCUT2D eigenvalue weighted by Crippen LogP contribution is -2.22. The van der Waals surface area contributed by atoms with Crippen molar-refractivity contribution in [3.8, 4) is 0 Å². The second-order valence-electron chi connectivity index (χ2n) is 5.70. The summed E-state index contributed by atoms with van der Waals surface area (Å²) in [5.41, 5.74) is 1.45. The molecule has 0 aliphatic carbocycles. The SMILES string of the molecule is CCCNCCCCCCN(C)CCc1ccccc1. The predicted molar refractivity (Wildman–Crippen MR) is 89.3 cm³/mol. The zero-order valence-corrected chi connectivity index (χ0v) is 13.4. The van der Waals surface area contributed by atoms with Gasteiger partial charge in [-0.25, -0.2) is 0 Å². The largest absolute Gasteiger partial charge is 0.317 e.